The number of aromatic nitrogens is 2. The molecule has 2 aromatic carbocycles. The number of para-hydroxylation sites is 1. The average molecular weight is 431 g/mol. The number of rotatable bonds is 10. The summed E-state index contributed by atoms with van der Waals surface area (Å²) in [5.41, 5.74) is 5.13. The number of ether oxygens (including phenoxy) is 1. The van der Waals surface area contributed by atoms with Crippen LogP contribution in [0.15, 0.2) is 73.5 Å². The monoisotopic (exact) mass is 430 g/mol. The smallest absolute Gasteiger partial charge is 0.133 e. The summed E-state index contributed by atoms with van der Waals surface area (Å²) >= 11 is 0. The average Bonchev–Trinajstić information content (AvgIpc) is 3.15. The number of hydrogen-bond donors (Lipinski definition) is 1. The van der Waals surface area contributed by atoms with Crippen LogP contribution in [0.3, 0.4) is 0 Å². The summed E-state index contributed by atoms with van der Waals surface area (Å²) in [5.74, 6) is 0.785. The van der Waals surface area contributed by atoms with Crippen LogP contribution >= 0.6 is 0 Å². The maximum atomic E-state index is 10.2. The van der Waals surface area contributed by atoms with Gasteiger partial charge in [0.15, 0.2) is 0 Å². The fraction of sp³-hybridized carbons (Fsp3) is 0.321. The molecule has 0 radical (unpaired) electrons. The molecule has 0 saturated heterocycles. The number of aliphatic hydroxyl groups excluding tert-OH is 1. The van der Waals surface area contributed by atoms with E-state index >= 15 is 0 Å². The van der Waals surface area contributed by atoms with E-state index in [1.165, 1.54) is 0 Å². The first-order chi connectivity index (χ1) is 15.4. The van der Waals surface area contributed by atoms with E-state index in [9.17, 15) is 5.11 Å². The Kier molecular flexibility index (Phi) is 7.57. The summed E-state index contributed by atoms with van der Waals surface area (Å²) in [6.45, 7) is 16.4. The predicted octanol–water partition coefficient (Wildman–Crippen LogP) is 7.74. The zero-order chi connectivity index (χ0) is 23.3. The molecule has 1 unspecified atom stereocenters. The van der Waals surface area contributed by atoms with Crippen LogP contribution in [0.4, 0.5) is 0 Å². The second-order valence-corrected chi connectivity index (χ2v) is 8.32. The third-order valence-corrected chi connectivity index (χ3v) is 5.77. The molecule has 1 atom stereocenters. The van der Waals surface area contributed by atoms with Crippen molar-refractivity contribution in [2.45, 2.75) is 59.1 Å². The zero-order valence-electron chi connectivity index (χ0n) is 19.6. The molecule has 1 N–H and O–H groups in total. The van der Waals surface area contributed by atoms with Gasteiger partial charge in [-0.05, 0) is 56.5 Å². The van der Waals surface area contributed by atoms with Crippen LogP contribution in [0.25, 0.3) is 16.5 Å². The molecular formula is C28H34N2O2. The number of allylic oxidation sites excluding steroid dienone is 4. The van der Waals surface area contributed by atoms with Crippen molar-refractivity contribution in [3.8, 4) is 5.75 Å². The van der Waals surface area contributed by atoms with Gasteiger partial charge in [0, 0.05) is 22.9 Å². The third kappa shape index (κ3) is 4.80. The highest BCUT2D eigenvalue weighted by Gasteiger charge is 2.20. The number of fused-ring (bicyclic) bond motifs is 1. The summed E-state index contributed by atoms with van der Waals surface area (Å²) < 4.78 is 8.34. The van der Waals surface area contributed by atoms with Crippen molar-refractivity contribution in [3.63, 3.8) is 0 Å². The molecular weight excluding hydrogens is 396 g/mol. The molecule has 168 valence electrons. The van der Waals surface area contributed by atoms with Gasteiger partial charge in [-0.1, -0.05) is 62.9 Å². The molecule has 3 rings (SSSR count). The summed E-state index contributed by atoms with van der Waals surface area (Å²) in [4.78, 5) is 0. The van der Waals surface area contributed by atoms with Crippen molar-refractivity contribution in [1.82, 2.24) is 9.78 Å². The van der Waals surface area contributed by atoms with Gasteiger partial charge in [-0.3, -0.25) is 4.68 Å². The lowest BCUT2D eigenvalue weighted by atomic mass is 9.92. The number of aliphatic hydroxyl groups is 1. The Balaban J connectivity index is 2.00. The minimum Gasteiger partial charge on any atom is -0.512 e. The summed E-state index contributed by atoms with van der Waals surface area (Å²) in [5, 5.41) is 16.1. The second-order valence-electron chi connectivity index (χ2n) is 8.32. The fourth-order valence-electron chi connectivity index (χ4n) is 4.12. The van der Waals surface area contributed by atoms with Crippen LogP contribution in [-0.2, 0) is 6.61 Å². The van der Waals surface area contributed by atoms with Crippen molar-refractivity contribution >= 4 is 16.5 Å². The molecule has 0 amide bonds. The molecule has 1 aromatic heterocycles. The molecule has 32 heavy (non-hydrogen) atoms. The Morgan fingerprint density at radius 2 is 1.97 bits per heavy atom. The van der Waals surface area contributed by atoms with Gasteiger partial charge in [-0.2, -0.15) is 5.10 Å². The first-order valence-electron chi connectivity index (χ1n) is 11.3. The molecule has 0 fully saturated rings. The lowest BCUT2D eigenvalue weighted by molar-refractivity contribution is 0.290. The van der Waals surface area contributed by atoms with Crippen LogP contribution in [-0.4, -0.2) is 14.9 Å². The van der Waals surface area contributed by atoms with E-state index < -0.39 is 0 Å². The van der Waals surface area contributed by atoms with Gasteiger partial charge < -0.3 is 9.84 Å². The first kappa shape index (κ1) is 23.4. The van der Waals surface area contributed by atoms with Crippen LogP contribution in [0.1, 0.15) is 69.3 Å². The largest absolute Gasteiger partial charge is 0.512 e. The maximum absolute atomic E-state index is 10.2. The van der Waals surface area contributed by atoms with Crippen LogP contribution < -0.4 is 4.74 Å². The van der Waals surface area contributed by atoms with Crippen molar-refractivity contribution in [2.24, 2.45) is 0 Å². The van der Waals surface area contributed by atoms with Gasteiger partial charge in [0.25, 0.3) is 0 Å². The molecule has 0 aliphatic heterocycles. The van der Waals surface area contributed by atoms with Gasteiger partial charge in [0.05, 0.1) is 11.3 Å². The van der Waals surface area contributed by atoms with Crippen LogP contribution in [0.5, 0.6) is 5.75 Å². The number of nitrogens with zero attached hydrogens (tertiary/aromatic N) is 2. The summed E-state index contributed by atoms with van der Waals surface area (Å²) in [7, 11) is 0. The Labute approximate surface area is 191 Å². The molecule has 0 bridgehead atoms. The van der Waals surface area contributed by atoms with E-state index in [1.54, 1.807) is 0 Å². The molecule has 1 heterocycles. The third-order valence-electron chi connectivity index (χ3n) is 5.77. The molecule has 4 heteroatoms. The SMILES string of the molecule is C=C/C(=C\C)c1ccc2c(c1)c(COc1ccccc1C(CCC)C(=C)O)nn2C(C)C. The normalized spacial score (nSPS) is 12.8. The van der Waals surface area contributed by atoms with Crippen molar-refractivity contribution in [1.29, 1.82) is 0 Å². The van der Waals surface area contributed by atoms with Crippen molar-refractivity contribution < 1.29 is 9.84 Å². The van der Waals surface area contributed by atoms with E-state index in [0.717, 1.165) is 51.9 Å². The highest BCUT2D eigenvalue weighted by atomic mass is 16.5. The number of benzene rings is 2. The first-order valence-corrected chi connectivity index (χ1v) is 11.3. The van der Waals surface area contributed by atoms with Gasteiger partial charge in [0.1, 0.15) is 18.1 Å². The summed E-state index contributed by atoms with van der Waals surface area (Å²) in [6.07, 6.45) is 5.69. The molecule has 0 aliphatic rings. The fourth-order valence-corrected chi connectivity index (χ4v) is 4.12. The van der Waals surface area contributed by atoms with Crippen LogP contribution in [0.2, 0.25) is 0 Å². The molecule has 0 saturated carbocycles. The van der Waals surface area contributed by atoms with E-state index in [2.05, 4.69) is 58.2 Å². The summed E-state index contributed by atoms with van der Waals surface area (Å²) in [6, 6.07) is 14.5. The van der Waals surface area contributed by atoms with Crippen molar-refractivity contribution in [2.75, 3.05) is 0 Å². The van der Waals surface area contributed by atoms with E-state index in [4.69, 9.17) is 9.84 Å². The number of hydrogen-bond acceptors (Lipinski definition) is 3. The van der Waals surface area contributed by atoms with Gasteiger partial charge in [-0.15, -0.1) is 0 Å². The molecule has 4 nitrogen and oxygen atoms in total. The molecule has 0 spiro atoms. The standard InChI is InChI=1S/C28H34N2O2/c1-7-12-23(20(6)31)24-13-10-11-14-28(24)32-18-26-25-17-22(21(8-2)9-3)15-16-27(25)30(29-26)19(4)5/h8-11,13-17,19,23,31H,2,6-7,12,18H2,1,3-5H3/b21-9+. The lowest BCUT2D eigenvalue weighted by Gasteiger charge is -2.19. The van der Waals surface area contributed by atoms with E-state index in [0.29, 0.717) is 6.61 Å². The maximum Gasteiger partial charge on any atom is 0.133 e. The highest BCUT2D eigenvalue weighted by Crippen LogP contribution is 2.34. The molecule has 3 aromatic rings. The highest BCUT2D eigenvalue weighted by molar-refractivity contribution is 5.87. The van der Waals surface area contributed by atoms with Gasteiger partial charge >= 0.3 is 0 Å². The Morgan fingerprint density at radius 3 is 2.59 bits per heavy atom. The van der Waals surface area contributed by atoms with E-state index in [-0.39, 0.29) is 17.7 Å². The zero-order valence-corrected chi connectivity index (χ0v) is 19.6. The minimum atomic E-state index is -0.141. The van der Waals surface area contributed by atoms with Crippen molar-refractivity contribution in [3.05, 3.63) is 90.4 Å². The van der Waals surface area contributed by atoms with Gasteiger partial charge in [0.2, 0.25) is 0 Å². The predicted molar refractivity (Wildman–Crippen MR) is 134 cm³/mol. The van der Waals surface area contributed by atoms with Gasteiger partial charge in [-0.25, -0.2) is 0 Å². The Bertz CT molecular complexity index is 1140. The lowest BCUT2D eigenvalue weighted by Crippen LogP contribution is -2.07. The van der Waals surface area contributed by atoms with E-state index in [1.807, 2.05) is 41.9 Å². The van der Waals surface area contributed by atoms with Crippen LogP contribution in [0, 0.1) is 0 Å². The Hall–Kier alpha value is -3.27. The quantitative estimate of drug-likeness (QED) is 0.264. The second kappa shape index (κ2) is 10.4. The Morgan fingerprint density at radius 1 is 1.22 bits per heavy atom. The topological polar surface area (TPSA) is 47.3 Å². The minimum absolute atomic E-state index is 0.141. The molecule has 0 aliphatic carbocycles.